The van der Waals surface area contributed by atoms with Crippen LogP contribution in [-0.2, 0) is 0 Å². The highest BCUT2D eigenvalue weighted by atomic mass is 19.3. The lowest BCUT2D eigenvalue weighted by Gasteiger charge is -2.41. The van der Waals surface area contributed by atoms with Gasteiger partial charge in [0.15, 0.2) is 0 Å². The molecule has 0 aromatic carbocycles. The second-order valence-corrected chi connectivity index (χ2v) is 7.21. The Morgan fingerprint density at radius 3 is 2.67 bits per heavy atom. The molecule has 1 aliphatic carbocycles. The summed E-state index contributed by atoms with van der Waals surface area (Å²) in [5.41, 5.74) is -1.93. The monoisotopic (exact) mass is 375 g/mol. The number of hydrogen-bond acceptors (Lipinski definition) is 6. The summed E-state index contributed by atoms with van der Waals surface area (Å²) < 4.78 is 34.7. The second-order valence-electron chi connectivity index (χ2n) is 7.21. The summed E-state index contributed by atoms with van der Waals surface area (Å²) in [7, 11) is 0. The molecule has 0 atom stereocenters. The van der Waals surface area contributed by atoms with E-state index < -0.39 is 29.1 Å². The summed E-state index contributed by atoms with van der Waals surface area (Å²) >= 11 is 0. The van der Waals surface area contributed by atoms with Crippen LogP contribution in [0.5, 0.6) is 0 Å². The number of furan rings is 1. The molecule has 0 bridgehead atoms. The molecule has 3 aromatic heterocycles. The van der Waals surface area contributed by atoms with Crippen molar-refractivity contribution in [3.63, 3.8) is 0 Å². The summed E-state index contributed by atoms with van der Waals surface area (Å²) in [6.45, 7) is -0.176. The second kappa shape index (κ2) is 5.24. The molecule has 27 heavy (non-hydrogen) atoms. The standard InChI is InChI=1S/C17H15F2N5O3/c18-17(19)7-24(6-16(17)2-1-3-16)12-9-4-11(27-14(9)22-8-21-12)10-5-20-15(26)23-13(10)25/h4-5,8H,1-3,6-7H2,(H2,20,23,25,26). The third kappa shape index (κ3) is 2.25. The Morgan fingerprint density at radius 2 is 2.00 bits per heavy atom. The van der Waals surface area contributed by atoms with Crippen molar-refractivity contribution in [2.24, 2.45) is 5.41 Å². The first-order valence-electron chi connectivity index (χ1n) is 8.58. The fraction of sp³-hybridized carbons (Fsp3) is 0.412. The molecule has 2 N–H and O–H groups in total. The van der Waals surface area contributed by atoms with Crippen molar-refractivity contribution in [3.05, 3.63) is 39.4 Å². The van der Waals surface area contributed by atoms with Gasteiger partial charge in [-0.3, -0.25) is 9.78 Å². The van der Waals surface area contributed by atoms with Gasteiger partial charge in [0.2, 0.25) is 5.71 Å². The Balaban J connectivity index is 1.60. The van der Waals surface area contributed by atoms with Gasteiger partial charge in [-0.15, -0.1) is 0 Å². The minimum Gasteiger partial charge on any atom is -0.437 e. The highest BCUT2D eigenvalue weighted by Crippen LogP contribution is 2.57. The lowest BCUT2D eigenvalue weighted by atomic mass is 9.66. The molecule has 2 aliphatic rings. The Bertz CT molecular complexity index is 1160. The Labute approximate surface area is 150 Å². The summed E-state index contributed by atoms with van der Waals surface area (Å²) in [6.07, 6.45) is 4.32. The number of halogens is 2. The SMILES string of the molecule is O=c1[nH]cc(-c2cc3c(N4CC(F)(F)C5(CCC5)C4)ncnc3o2)c(=O)[nH]1. The molecule has 4 heterocycles. The fourth-order valence-electron chi connectivity index (χ4n) is 4.04. The summed E-state index contributed by atoms with van der Waals surface area (Å²) in [4.78, 5) is 37.5. The predicted octanol–water partition coefficient (Wildman–Crippen LogP) is 1.89. The molecule has 0 radical (unpaired) electrons. The van der Waals surface area contributed by atoms with Gasteiger partial charge in [0.05, 0.1) is 22.9 Å². The van der Waals surface area contributed by atoms with Crippen molar-refractivity contribution in [1.29, 1.82) is 0 Å². The Kier molecular flexibility index (Phi) is 3.14. The van der Waals surface area contributed by atoms with E-state index in [1.165, 1.54) is 18.6 Å². The summed E-state index contributed by atoms with van der Waals surface area (Å²) in [5.74, 6) is -2.24. The van der Waals surface area contributed by atoms with Gasteiger partial charge in [-0.05, 0) is 18.9 Å². The number of aromatic nitrogens is 4. The average molecular weight is 375 g/mol. The molecule has 1 saturated heterocycles. The molecule has 10 heteroatoms. The van der Waals surface area contributed by atoms with Gasteiger partial charge in [0.1, 0.15) is 17.9 Å². The van der Waals surface area contributed by atoms with E-state index in [1.807, 2.05) is 0 Å². The van der Waals surface area contributed by atoms with Crippen LogP contribution in [0.4, 0.5) is 14.6 Å². The van der Waals surface area contributed by atoms with Crippen LogP contribution in [0.2, 0.25) is 0 Å². The first-order chi connectivity index (χ1) is 12.9. The van der Waals surface area contributed by atoms with Crippen molar-refractivity contribution in [1.82, 2.24) is 19.9 Å². The van der Waals surface area contributed by atoms with Gasteiger partial charge in [-0.25, -0.2) is 23.5 Å². The molecule has 1 spiro atoms. The van der Waals surface area contributed by atoms with Crippen molar-refractivity contribution in [3.8, 4) is 11.3 Å². The first kappa shape index (κ1) is 16.2. The molecule has 0 unspecified atom stereocenters. The number of hydrogen-bond donors (Lipinski definition) is 2. The normalized spacial score (nSPS) is 20.3. The molecule has 3 aromatic rings. The van der Waals surface area contributed by atoms with Gasteiger partial charge in [-0.1, -0.05) is 6.42 Å². The van der Waals surface area contributed by atoms with Crippen molar-refractivity contribution < 1.29 is 13.2 Å². The lowest BCUT2D eigenvalue weighted by molar-refractivity contribution is -0.122. The average Bonchev–Trinajstić information content (AvgIpc) is 3.12. The van der Waals surface area contributed by atoms with E-state index >= 15 is 0 Å². The highest BCUT2D eigenvalue weighted by Gasteiger charge is 2.63. The lowest BCUT2D eigenvalue weighted by Crippen LogP contribution is -2.45. The van der Waals surface area contributed by atoms with Gasteiger partial charge in [0, 0.05) is 12.7 Å². The van der Waals surface area contributed by atoms with E-state index in [0.717, 1.165) is 6.42 Å². The van der Waals surface area contributed by atoms with E-state index in [9.17, 15) is 18.4 Å². The summed E-state index contributed by atoms with van der Waals surface area (Å²) in [5, 5.41) is 0.449. The molecule has 140 valence electrons. The smallest absolute Gasteiger partial charge is 0.325 e. The molecule has 1 saturated carbocycles. The number of rotatable bonds is 2. The van der Waals surface area contributed by atoms with Gasteiger partial charge >= 0.3 is 5.69 Å². The fourth-order valence-corrected chi connectivity index (χ4v) is 4.04. The topological polar surface area (TPSA) is 108 Å². The van der Waals surface area contributed by atoms with Crippen molar-refractivity contribution in [2.45, 2.75) is 25.2 Å². The molecule has 0 amide bonds. The minimum atomic E-state index is -2.77. The van der Waals surface area contributed by atoms with Gasteiger partial charge < -0.3 is 14.3 Å². The summed E-state index contributed by atoms with van der Waals surface area (Å²) in [6, 6.07) is 1.54. The van der Waals surface area contributed by atoms with E-state index in [4.69, 9.17) is 4.42 Å². The zero-order valence-electron chi connectivity index (χ0n) is 14.1. The van der Waals surface area contributed by atoms with Crippen LogP contribution in [0.15, 0.2) is 32.6 Å². The van der Waals surface area contributed by atoms with Crippen LogP contribution in [0.3, 0.4) is 0 Å². The quantitative estimate of drug-likeness (QED) is 0.708. The zero-order valence-corrected chi connectivity index (χ0v) is 14.1. The number of fused-ring (bicyclic) bond motifs is 1. The maximum absolute atomic E-state index is 14.6. The van der Waals surface area contributed by atoms with Crippen LogP contribution < -0.4 is 16.1 Å². The number of nitrogens with one attached hydrogen (secondary N) is 2. The molecule has 1 aliphatic heterocycles. The van der Waals surface area contributed by atoms with Gasteiger partial charge in [-0.2, -0.15) is 0 Å². The number of H-pyrrole nitrogens is 2. The van der Waals surface area contributed by atoms with Crippen LogP contribution in [-0.4, -0.2) is 38.9 Å². The van der Waals surface area contributed by atoms with Crippen molar-refractivity contribution >= 4 is 16.9 Å². The minimum absolute atomic E-state index is 0.112. The Hall–Kier alpha value is -3.04. The molecular formula is C17H15F2N5O3. The number of aromatic amines is 2. The maximum atomic E-state index is 14.6. The van der Waals surface area contributed by atoms with E-state index in [-0.39, 0.29) is 23.6 Å². The number of alkyl halides is 2. The van der Waals surface area contributed by atoms with E-state index in [2.05, 4.69) is 19.9 Å². The Morgan fingerprint density at radius 1 is 1.19 bits per heavy atom. The van der Waals surface area contributed by atoms with Crippen LogP contribution in [0.1, 0.15) is 19.3 Å². The molecule has 2 fully saturated rings. The highest BCUT2D eigenvalue weighted by molar-refractivity contribution is 5.89. The molecule has 8 nitrogen and oxygen atoms in total. The van der Waals surface area contributed by atoms with Gasteiger partial charge in [0.25, 0.3) is 11.5 Å². The van der Waals surface area contributed by atoms with Crippen LogP contribution in [0, 0.1) is 5.41 Å². The number of anilines is 1. The third-order valence-corrected chi connectivity index (χ3v) is 5.66. The van der Waals surface area contributed by atoms with Crippen LogP contribution in [0.25, 0.3) is 22.4 Å². The zero-order chi connectivity index (χ0) is 18.8. The largest absolute Gasteiger partial charge is 0.437 e. The van der Waals surface area contributed by atoms with Crippen LogP contribution >= 0.6 is 0 Å². The predicted molar refractivity (Wildman–Crippen MR) is 91.9 cm³/mol. The third-order valence-electron chi connectivity index (χ3n) is 5.66. The maximum Gasteiger partial charge on any atom is 0.325 e. The molecule has 5 rings (SSSR count). The van der Waals surface area contributed by atoms with E-state index in [1.54, 1.807) is 4.90 Å². The number of nitrogens with zero attached hydrogens (tertiary/aromatic N) is 3. The van der Waals surface area contributed by atoms with Crippen molar-refractivity contribution in [2.75, 3.05) is 18.0 Å². The van der Waals surface area contributed by atoms with E-state index in [0.29, 0.717) is 24.0 Å². The molecular weight excluding hydrogens is 360 g/mol. The first-order valence-corrected chi connectivity index (χ1v) is 8.58.